The van der Waals surface area contributed by atoms with Crippen molar-refractivity contribution >= 4 is 29.3 Å². The Hall–Kier alpha value is -1.82. The van der Waals surface area contributed by atoms with Gasteiger partial charge in [-0.3, -0.25) is 4.79 Å². The molecule has 0 fully saturated rings. The van der Waals surface area contributed by atoms with E-state index in [2.05, 4.69) is 10.6 Å². The molecule has 0 bridgehead atoms. The summed E-state index contributed by atoms with van der Waals surface area (Å²) in [7, 11) is 0. The first kappa shape index (κ1) is 19.2. The van der Waals surface area contributed by atoms with E-state index in [1.54, 1.807) is 34.6 Å². The Kier molecular flexibility index (Phi) is 6.38. The smallest absolute Gasteiger partial charge is 0.408 e. The van der Waals surface area contributed by atoms with E-state index in [4.69, 9.17) is 16.3 Å². The maximum absolute atomic E-state index is 13.1. The molecule has 0 radical (unpaired) electrons. The highest BCUT2D eigenvalue weighted by atomic mass is 35.5. The number of alkyl carbamates (subject to hydrolysis) is 1. The molecule has 7 heteroatoms. The third kappa shape index (κ3) is 6.44. The predicted molar refractivity (Wildman–Crippen MR) is 88.0 cm³/mol. The van der Waals surface area contributed by atoms with Gasteiger partial charge in [0.1, 0.15) is 17.5 Å². The third-order valence-corrected chi connectivity index (χ3v) is 3.10. The molecule has 0 saturated heterocycles. The van der Waals surface area contributed by atoms with Crippen molar-refractivity contribution in [2.75, 3.05) is 5.32 Å². The van der Waals surface area contributed by atoms with E-state index >= 15 is 0 Å². The molecule has 1 aromatic rings. The number of ether oxygens (including phenoxy) is 1. The van der Waals surface area contributed by atoms with Crippen LogP contribution in [0.2, 0.25) is 5.02 Å². The Bertz CT molecular complexity index is 585. The van der Waals surface area contributed by atoms with E-state index in [9.17, 15) is 14.0 Å². The number of hydrogen-bond acceptors (Lipinski definition) is 3. The lowest BCUT2D eigenvalue weighted by Crippen LogP contribution is -2.48. The van der Waals surface area contributed by atoms with Crippen molar-refractivity contribution in [2.45, 2.75) is 46.3 Å². The van der Waals surface area contributed by atoms with Crippen LogP contribution in [-0.2, 0) is 9.53 Å². The number of amides is 2. The summed E-state index contributed by atoms with van der Waals surface area (Å²) in [5, 5.41) is 5.04. The zero-order chi connectivity index (χ0) is 17.8. The first-order chi connectivity index (χ1) is 10.5. The minimum Gasteiger partial charge on any atom is -0.444 e. The van der Waals surface area contributed by atoms with Crippen molar-refractivity contribution < 1.29 is 18.7 Å². The van der Waals surface area contributed by atoms with Crippen LogP contribution < -0.4 is 10.6 Å². The van der Waals surface area contributed by atoms with Crippen molar-refractivity contribution in [3.05, 3.63) is 29.0 Å². The number of rotatable bonds is 4. The van der Waals surface area contributed by atoms with Crippen LogP contribution in [0.1, 0.15) is 34.6 Å². The lowest BCUT2D eigenvalue weighted by Gasteiger charge is -2.25. The molecule has 1 atom stereocenters. The number of halogens is 2. The van der Waals surface area contributed by atoms with E-state index in [-0.39, 0.29) is 10.9 Å². The molecule has 1 aromatic carbocycles. The van der Waals surface area contributed by atoms with Gasteiger partial charge in [0.2, 0.25) is 5.91 Å². The van der Waals surface area contributed by atoms with Gasteiger partial charge in [0.25, 0.3) is 0 Å². The average Bonchev–Trinajstić information content (AvgIpc) is 2.37. The van der Waals surface area contributed by atoms with Gasteiger partial charge in [-0.05, 0) is 44.9 Å². The van der Waals surface area contributed by atoms with Crippen LogP contribution in [0.4, 0.5) is 14.9 Å². The third-order valence-electron chi connectivity index (χ3n) is 2.81. The van der Waals surface area contributed by atoms with Gasteiger partial charge in [0.15, 0.2) is 0 Å². The molecule has 0 aromatic heterocycles. The Balaban J connectivity index is 2.78. The predicted octanol–water partition coefficient (Wildman–Crippen LogP) is 3.97. The summed E-state index contributed by atoms with van der Waals surface area (Å²) in [6, 6.07) is 3.06. The minimum absolute atomic E-state index is 0.0935. The summed E-state index contributed by atoms with van der Waals surface area (Å²) in [5.41, 5.74) is -0.315. The van der Waals surface area contributed by atoms with Gasteiger partial charge in [0, 0.05) is 5.69 Å². The summed E-state index contributed by atoms with van der Waals surface area (Å²) >= 11 is 5.68. The number of anilines is 1. The second kappa shape index (κ2) is 7.64. The Morgan fingerprint density at radius 3 is 2.35 bits per heavy atom. The molecular weight excluding hydrogens is 323 g/mol. The van der Waals surface area contributed by atoms with Crippen LogP contribution in [0.25, 0.3) is 0 Å². The number of nitrogens with one attached hydrogen (secondary N) is 2. The SMILES string of the molecule is CC(C)C(NC(=O)OC(C)(C)C)C(=O)Nc1ccc(F)c(Cl)c1. The number of carbonyl (C=O) groups is 2. The second-order valence-electron chi connectivity index (χ2n) is 6.49. The first-order valence-electron chi connectivity index (χ1n) is 7.25. The fourth-order valence-electron chi connectivity index (χ4n) is 1.76. The average molecular weight is 345 g/mol. The molecule has 5 nitrogen and oxygen atoms in total. The largest absolute Gasteiger partial charge is 0.444 e. The van der Waals surface area contributed by atoms with Gasteiger partial charge < -0.3 is 15.4 Å². The van der Waals surface area contributed by atoms with Crippen LogP contribution >= 0.6 is 11.6 Å². The summed E-state index contributed by atoms with van der Waals surface area (Å²) in [6.45, 7) is 8.78. The lowest BCUT2D eigenvalue weighted by atomic mass is 10.0. The summed E-state index contributed by atoms with van der Waals surface area (Å²) in [4.78, 5) is 24.2. The molecule has 2 N–H and O–H groups in total. The maximum atomic E-state index is 13.1. The quantitative estimate of drug-likeness (QED) is 0.868. The topological polar surface area (TPSA) is 67.4 Å². The molecule has 1 unspecified atom stereocenters. The monoisotopic (exact) mass is 344 g/mol. The van der Waals surface area contributed by atoms with Gasteiger partial charge >= 0.3 is 6.09 Å². The van der Waals surface area contributed by atoms with Gasteiger partial charge in [0.05, 0.1) is 5.02 Å². The second-order valence-corrected chi connectivity index (χ2v) is 6.89. The van der Waals surface area contributed by atoms with E-state index in [1.807, 2.05) is 0 Å². The highest BCUT2D eigenvalue weighted by molar-refractivity contribution is 6.31. The lowest BCUT2D eigenvalue weighted by molar-refractivity contribution is -0.119. The van der Waals surface area contributed by atoms with Crippen LogP contribution in [0.5, 0.6) is 0 Å². The molecule has 0 aliphatic carbocycles. The number of carbonyl (C=O) groups excluding carboxylic acids is 2. The van der Waals surface area contributed by atoms with Crippen LogP contribution in [-0.4, -0.2) is 23.6 Å². The van der Waals surface area contributed by atoms with Crippen molar-refractivity contribution in [3.8, 4) is 0 Å². The molecular formula is C16H22ClFN2O3. The van der Waals surface area contributed by atoms with Crippen LogP contribution in [0, 0.1) is 11.7 Å². The van der Waals surface area contributed by atoms with E-state index < -0.39 is 29.5 Å². The van der Waals surface area contributed by atoms with Crippen molar-refractivity contribution in [1.29, 1.82) is 0 Å². The highest BCUT2D eigenvalue weighted by Gasteiger charge is 2.27. The van der Waals surface area contributed by atoms with E-state index in [0.717, 1.165) is 6.07 Å². The molecule has 128 valence electrons. The van der Waals surface area contributed by atoms with E-state index in [1.165, 1.54) is 12.1 Å². The summed E-state index contributed by atoms with van der Waals surface area (Å²) < 4.78 is 18.3. The minimum atomic E-state index is -0.798. The number of hydrogen-bond donors (Lipinski definition) is 2. The van der Waals surface area contributed by atoms with Gasteiger partial charge in [-0.15, -0.1) is 0 Å². The normalized spacial score (nSPS) is 12.7. The standard InChI is InChI=1S/C16H22ClFN2O3/c1-9(2)13(20-15(22)23-16(3,4)5)14(21)19-10-6-7-12(18)11(17)8-10/h6-9,13H,1-5H3,(H,19,21)(H,20,22). The summed E-state index contributed by atoms with van der Waals surface area (Å²) in [6.07, 6.45) is -0.677. The number of benzene rings is 1. The van der Waals surface area contributed by atoms with Crippen LogP contribution in [0.3, 0.4) is 0 Å². The van der Waals surface area contributed by atoms with Crippen molar-refractivity contribution in [2.24, 2.45) is 5.92 Å². The molecule has 0 aliphatic rings. The summed E-state index contributed by atoms with van der Waals surface area (Å²) in [5.74, 6) is -1.18. The Labute approximate surface area is 140 Å². The molecule has 2 amide bonds. The molecule has 1 rings (SSSR count). The van der Waals surface area contributed by atoms with Crippen LogP contribution in [0.15, 0.2) is 18.2 Å². The van der Waals surface area contributed by atoms with Gasteiger partial charge in [-0.1, -0.05) is 25.4 Å². The fourth-order valence-corrected chi connectivity index (χ4v) is 1.94. The zero-order valence-electron chi connectivity index (χ0n) is 13.9. The first-order valence-corrected chi connectivity index (χ1v) is 7.63. The fraction of sp³-hybridized carbons (Fsp3) is 0.500. The zero-order valence-corrected chi connectivity index (χ0v) is 14.6. The molecule has 0 heterocycles. The van der Waals surface area contributed by atoms with Crippen molar-refractivity contribution in [1.82, 2.24) is 5.32 Å². The molecule has 0 spiro atoms. The van der Waals surface area contributed by atoms with Crippen molar-refractivity contribution in [3.63, 3.8) is 0 Å². The Morgan fingerprint density at radius 2 is 1.87 bits per heavy atom. The van der Waals surface area contributed by atoms with E-state index in [0.29, 0.717) is 5.69 Å². The highest BCUT2D eigenvalue weighted by Crippen LogP contribution is 2.20. The molecule has 23 heavy (non-hydrogen) atoms. The van der Waals surface area contributed by atoms with Gasteiger partial charge in [-0.25, -0.2) is 9.18 Å². The molecule has 0 saturated carbocycles. The Morgan fingerprint density at radius 1 is 1.26 bits per heavy atom. The maximum Gasteiger partial charge on any atom is 0.408 e. The molecule has 0 aliphatic heterocycles. The van der Waals surface area contributed by atoms with Gasteiger partial charge in [-0.2, -0.15) is 0 Å².